The van der Waals surface area contributed by atoms with E-state index in [1.54, 1.807) is 0 Å². The van der Waals surface area contributed by atoms with Crippen LogP contribution in [0.15, 0.2) is 76.8 Å². The molecule has 0 bridgehead atoms. The number of carbonyl (C=O) groups is 6. The topological polar surface area (TPSA) is 310 Å². The SMILES string of the molecule is CC(=O)C1(CF)CC=C(B2OC(C)(C)C(C)(C)O2)CC1.CC(=O)C1(CF)CC=C(OS(=O)(=O)C(F)(F)F)CC1.CC(=O)C1(CF)CCC(=O)CC1.CC(=O)[C@@]1(CF)CC=C(B2OC(C)(C)C(C)(C)O2)CC1.CC(=O)[C@]1(CF)CC=C(B2OC(C)(C)C(C)(C)O2)CC1.CC1(C)OB(B2OC(C)(C)C(C)(C)O2)OC1(C)C.CS(=O)(=O)N(c1ccccc1)S(=O)(=O)C(F)(F)F. The molecule has 0 amide bonds. The van der Waals surface area contributed by atoms with Crippen molar-refractivity contribution >= 4 is 106 Å². The van der Waals surface area contributed by atoms with Crippen LogP contribution in [0.4, 0.5) is 54.0 Å². The summed E-state index contributed by atoms with van der Waals surface area (Å²) in [4.78, 5) is 68.2. The molecule has 1 aromatic rings. The molecule has 127 heavy (non-hydrogen) atoms. The molecule has 2 unspecified atom stereocenters. The maximum atomic E-state index is 13.2. The smallest absolute Gasteiger partial charge is 0.405 e. The molecule has 1 aromatic carbocycles. The fourth-order valence-corrected chi connectivity index (χ4v) is 17.7. The van der Waals surface area contributed by atoms with Gasteiger partial charge in [-0.15, -0.1) is 0 Å². The predicted molar refractivity (Wildman–Crippen MR) is 462 cm³/mol. The number of sulfonamides is 2. The first-order chi connectivity index (χ1) is 57.4. The molecule has 718 valence electrons. The predicted octanol–water partition coefficient (Wildman–Crippen LogP) is 17.5. The van der Waals surface area contributed by atoms with Gasteiger partial charge < -0.3 is 50.7 Å². The number of allylic oxidation sites excluding steroid dienone is 8. The molecular formula is C84H129B5F11NO23S3. The lowest BCUT2D eigenvalue weighted by atomic mass is 9.49. The van der Waals surface area contributed by atoms with Crippen molar-refractivity contribution < 1.29 is 153 Å². The standard InChI is InChI=1S/3C15H24BFO3.C12H24B2O4.C10H12F4O4S.C9H13FO2.C8H8F3NO4S2/c3*1-11(18)15(10-17)8-6-12(7-9-15)16-19-13(2,3)14(4,5)20-16;1-9(2)10(3,4)16-13(15-9)14-17-11(5,6)12(7,8)18-14;1-7(15)9(6-11)4-2-8(3-5-9)18-19(16,17)10(12,13)14;1-7(11)9(6-10)4-2-8(12)3-5-9;1-17(13,14)12(7-5-3-2-4-6-7)18(15,16)8(9,10)11/h3*6H,7-10H2,1-5H3;1-8H3;2H,3-6H2,1H3;2-6H2,1H3;2-6H,1H3/t2*15-;;;;;/m10...../s1. The molecule has 5 heterocycles. The van der Waals surface area contributed by atoms with E-state index in [0.29, 0.717) is 89.7 Å². The van der Waals surface area contributed by atoms with E-state index in [-0.39, 0.29) is 126 Å². The van der Waals surface area contributed by atoms with Crippen molar-refractivity contribution in [2.75, 3.05) is 43.3 Å². The van der Waals surface area contributed by atoms with Crippen LogP contribution in [0, 0.1) is 27.1 Å². The number of alkyl halides is 11. The first-order valence-corrected chi connectivity index (χ1v) is 46.9. The number of carbonyl (C=O) groups excluding carboxylic acids is 6. The number of rotatable bonds is 19. The average molecular weight is 1880 g/mol. The lowest BCUT2D eigenvalue weighted by Gasteiger charge is -2.32. The van der Waals surface area contributed by atoms with Gasteiger partial charge in [0, 0.05) is 19.3 Å². The van der Waals surface area contributed by atoms with Crippen molar-refractivity contribution in [3.8, 4) is 0 Å². The molecule has 11 rings (SSSR count). The van der Waals surface area contributed by atoms with Crippen molar-refractivity contribution in [1.82, 2.24) is 0 Å². The third kappa shape index (κ3) is 25.7. The fourth-order valence-electron chi connectivity index (χ4n) is 14.4. The van der Waals surface area contributed by atoms with E-state index in [1.165, 1.54) is 52.8 Å². The van der Waals surface area contributed by atoms with Gasteiger partial charge in [-0.1, -0.05) is 36.4 Å². The Morgan fingerprint density at radius 3 is 0.795 bits per heavy atom. The van der Waals surface area contributed by atoms with E-state index in [4.69, 9.17) is 46.5 Å². The number of para-hydroxylation sites is 1. The Bertz CT molecular complexity index is 4280. The van der Waals surface area contributed by atoms with Gasteiger partial charge in [-0.25, -0.2) is 26.0 Å². The van der Waals surface area contributed by atoms with Gasteiger partial charge in [0.2, 0.25) is 10.0 Å². The van der Waals surface area contributed by atoms with Crippen LogP contribution in [0.1, 0.15) is 276 Å². The van der Waals surface area contributed by atoms with Crippen LogP contribution in [0.3, 0.4) is 0 Å². The van der Waals surface area contributed by atoms with Gasteiger partial charge in [0.15, 0.2) is 0 Å². The van der Waals surface area contributed by atoms with E-state index < -0.39 is 137 Å². The molecule has 1 saturated carbocycles. The average Bonchev–Trinajstić information content (AvgIpc) is 1.42. The second-order valence-corrected chi connectivity index (χ2v) is 44.8. The molecule has 5 aliphatic carbocycles. The Hall–Kier alpha value is -5.20. The molecule has 0 N–H and O–H groups in total. The normalized spacial score (nSPS) is 27.4. The van der Waals surface area contributed by atoms with Gasteiger partial charge in [0.05, 0.1) is 95.0 Å². The van der Waals surface area contributed by atoms with Gasteiger partial charge in [0.1, 0.15) is 73.8 Å². The molecule has 5 saturated heterocycles. The van der Waals surface area contributed by atoms with Crippen molar-refractivity contribution in [3.05, 3.63) is 76.8 Å². The summed E-state index contributed by atoms with van der Waals surface area (Å²) >= 11 is 0. The van der Waals surface area contributed by atoms with Crippen molar-refractivity contribution in [1.29, 1.82) is 0 Å². The highest BCUT2D eigenvalue weighted by Gasteiger charge is 2.65. The zero-order chi connectivity index (χ0) is 97.8. The number of nitrogens with zero attached hydrogens (tertiary/aromatic N) is 1. The van der Waals surface area contributed by atoms with Crippen LogP contribution < -0.4 is 3.71 Å². The molecule has 43 heteroatoms. The molecular weight excluding hydrogens is 1750 g/mol. The highest BCUT2D eigenvalue weighted by atomic mass is 32.3. The van der Waals surface area contributed by atoms with Crippen LogP contribution >= 0.6 is 0 Å². The Labute approximate surface area is 745 Å². The summed E-state index contributed by atoms with van der Waals surface area (Å²) < 4.78 is 268. The van der Waals surface area contributed by atoms with Gasteiger partial charge in [-0.3, -0.25) is 33.2 Å². The van der Waals surface area contributed by atoms with Crippen LogP contribution in [0.5, 0.6) is 0 Å². The second-order valence-electron chi connectivity index (χ2n) is 39.5. The van der Waals surface area contributed by atoms with E-state index in [9.17, 15) is 102 Å². The van der Waals surface area contributed by atoms with Crippen molar-refractivity contribution in [2.45, 2.75) is 343 Å². The highest BCUT2D eigenvalue weighted by molar-refractivity contribution is 8.10. The Kier molecular flexibility index (Phi) is 35.9. The van der Waals surface area contributed by atoms with E-state index >= 15 is 0 Å². The molecule has 0 radical (unpaired) electrons. The molecule has 24 nitrogen and oxygen atoms in total. The van der Waals surface area contributed by atoms with E-state index in [1.807, 2.05) is 157 Å². The second kappa shape index (κ2) is 40.5. The monoisotopic (exact) mass is 1880 g/mol. The minimum atomic E-state index is -6.00. The molecule has 0 aromatic heterocycles. The molecule has 6 fully saturated rings. The minimum Gasteiger partial charge on any atom is -0.405 e. The van der Waals surface area contributed by atoms with E-state index in [2.05, 4.69) is 4.18 Å². The maximum absolute atomic E-state index is 13.2. The third-order valence-electron chi connectivity index (χ3n) is 28.0. The van der Waals surface area contributed by atoms with Crippen LogP contribution in [-0.2, 0) is 110 Å². The molecule has 10 aliphatic rings. The molecule has 4 atom stereocenters. The zero-order valence-electron chi connectivity index (χ0n) is 78.2. The highest BCUT2D eigenvalue weighted by Crippen LogP contribution is 2.50. The number of Topliss-reactive ketones (excluding diaryl/α,β-unsaturated/α-hetero) is 6. The summed E-state index contributed by atoms with van der Waals surface area (Å²) in [6.45, 7) is 44.1. The van der Waals surface area contributed by atoms with Gasteiger partial charge in [-0.05, 0) is 291 Å². The van der Waals surface area contributed by atoms with Gasteiger partial charge in [0.25, 0.3) is 0 Å². The summed E-state index contributed by atoms with van der Waals surface area (Å²) in [5.41, 5.74) is -16.9. The third-order valence-corrected chi connectivity index (χ3v) is 32.4. The Morgan fingerprint density at radius 1 is 0.362 bits per heavy atom. The summed E-state index contributed by atoms with van der Waals surface area (Å²) in [5, 5.41) is 0. The number of ketones is 6. The van der Waals surface area contributed by atoms with Crippen molar-refractivity contribution in [3.63, 3.8) is 0 Å². The first kappa shape index (κ1) is 112. The van der Waals surface area contributed by atoms with Crippen LogP contribution in [0.25, 0.3) is 0 Å². The number of halogens is 11. The molecule has 5 aliphatic heterocycles. The first-order valence-electron chi connectivity index (χ1n) is 42.2. The summed E-state index contributed by atoms with van der Waals surface area (Å²) in [7, 11) is -18.4. The van der Waals surface area contributed by atoms with Gasteiger partial charge in [-0.2, -0.15) is 46.9 Å². The number of hydrogen-bond donors (Lipinski definition) is 0. The number of hydrogen-bond acceptors (Lipinski definition) is 23. The molecule has 0 spiro atoms. The minimum absolute atomic E-state index is 0.0655. The lowest BCUT2D eigenvalue weighted by molar-refractivity contribution is -0.133. The van der Waals surface area contributed by atoms with E-state index in [0.717, 1.165) is 34.6 Å². The Balaban J connectivity index is 0.000000264. The maximum Gasteiger partial charge on any atom is 0.534 e. The summed E-state index contributed by atoms with van der Waals surface area (Å²) in [6, 6.07) is 5.75. The van der Waals surface area contributed by atoms with Crippen LogP contribution in [-0.4, -0.2) is 202 Å². The quantitative estimate of drug-likeness (QED) is 0.0537. The fraction of sp³-hybridized carbons (Fsp3) is 0.762. The lowest BCUT2D eigenvalue weighted by Crippen LogP contribution is -2.44. The van der Waals surface area contributed by atoms with Gasteiger partial charge >= 0.3 is 66.5 Å². The zero-order valence-corrected chi connectivity index (χ0v) is 80.6. The number of benzene rings is 1. The largest absolute Gasteiger partial charge is 0.534 e. The summed E-state index contributed by atoms with van der Waals surface area (Å²) in [5.74, 6) is -0.998. The Morgan fingerprint density at radius 2 is 0.598 bits per heavy atom. The number of anilines is 1. The van der Waals surface area contributed by atoms with Crippen molar-refractivity contribution in [2.24, 2.45) is 27.1 Å². The summed E-state index contributed by atoms with van der Waals surface area (Å²) in [6.07, 6.45) is 13.1. The van der Waals surface area contributed by atoms with Crippen LogP contribution in [0.2, 0.25) is 0 Å².